The van der Waals surface area contributed by atoms with Gasteiger partial charge in [-0.25, -0.2) is 4.98 Å². The van der Waals surface area contributed by atoms with Gasteiger partial charge in [0.2, 0.25) is 0 Å². The third-order valence-electron chi connectivity index (χ3n) is 3.15. The second-order valence-corrected chi connectivity index (χ2v) is 6.02. The largest absolute Gasteiger partial charge is 0.494 e. The summed E-state index contributed by atoms with van der Waals surface area (Å²) in [4.78, 5) is 4.65. The van der Waals surface area contributed by atoms with E-state index in [2.05, 4.69) is 47.7 Å². The number of aryl methyl sites for hydroxylation is 1. The molecule has 0 bridgehead atoms. The van der Waals surface area contributed by atoms with Crippen LogP contribution in [-0.2, 0) is 0 Å². The molecule has 0 saturated carbocycles. The normalized spacial score (nSPS) is 12.3. The molecule has 1 aromatic carbocycles. The first-order chi connectivity index (χ1) is 10.2. The number of hydrogen-bond donors (Lipinski definition) is 1. The van der Waals surface area contributed by atoms with Gasteiger partial charge in [0.25, 0.3) is 0 Å². The number of thiazole rings is 1. The van der Waals surface area contributed by atoms with Crippen LogP contribution in [0.15, 0.2) is 29.6 Å². The van der Waals surface area contributed by atoms with Crippen LogP contribution in [0.4, 0.5) is 0 Å². The van der Waals surface area contributed by atoms with Crippen molar-refractivity contribution in [3.05, 3.63) is 45.9 Å². The van der Waals surface area contributed by atoms with Crippen molar-refractivity contribution >= 4 is 11.3 Å². The Morgan fingerprint density at radius 1 is 1.29 bits per heavy atom. The van der Waals surface area contributed by atoms with E-state index in [1.807, 2.05) is 13.0 Å². The first-order valence-corrected chi connectivity index (χ1v) is 8.50. The number of hydrogen-bond acceptors (Lipinski definition) is 4. The molecule has 114 valence electrons. The number of aromatic nitrogens is 1. The molecule has 1 atom stereocenters. The lowest BCUT2D eigenvalue weighted by Crippen LogP contribution is -2.23. The fraction of sp³-hybridized carbons (Fsp3) is 0.471. The van der Waals surface area contributed by atoms with Crippen molar-refractivity contribution in [2.75, 3.05) is 13.2 Å². The summed E-state index contributed by atoms with van der Waals surface area (Å²) in [5.74, 6) is 0.936. The van der Waals surface area contributed by atoms with Crippen molar-refractivity contribution in [2.24, 2.45) is 0 Å². The molecule has 0 spiro atoms. The number of nitrogens with one attached hydrogen (secondary N) is 1. The molecule has 1 N–H and O–H groups in total. The van der Waals surface area contributed by atoms with Crippen LogP contribution >= 0.6 is 11.3 Å². The van der Waals surface area contributed by atoms with E-state index in [0.717, 1.165) is 42.4 Å². The zero-order valence-corrected chi connectivity index (χ0v) is 13.9. The van der Waals surface area contributed by atoms with E-state index in [9.17, 15) is 0 Å². The molecule has 3 nitrogen and oxygen atoms in total. The molecule has 0 fully saturated rings. The van der Waals surface area contributed by atoms with Crippen molar-refractivity contribution in [3.63, 3.8) is 0 Å². The van der Waals surface area contributed by atoms with Crippen molar-refractivity contribution in [2.45, 2.75) is 39.7 Å². The van der Waals surface area contributed by atoms with E-state index in [4.69, 9.17) is 4.74 Å². The van der Waals surface area contributed by atoms with E-state index < -0.39 is 0 Å². The van der Waals surface area contributed by atoms with Crippen LogP contribution in [0.1, 0.15) is 49.0 Å². The van der Waals surface area contributed by atoms with Gasteiger partial charge in [-0.1, -0.05) is 26.0 Å². The molecule has 1 aromatic heterocycles. The van der Waals surface area contributed by atoms with Gasteiger partial charge in [-0.15, -0.1) is 11.3 Å². The summed E-state index contributed by atoms with van der Waals surface area (Å²) in [6, 6.07) is 8.49. The molecule has 0 aliphatic carbocycles. The van der Waals surface area contributed by atoms with Crippen LogP contribution in [0.3, 0.4) is 0 Å². The second kappa shape index (κ2) is 8.15. The third-order valence-corrected chi connectivity index (χ3v) is 4.17. The van der Waals surface area contributed by atoms with Crippen LogP contribution < -0.4 is 10.1 Å². The highest BCUT2D eigenvalue weighted by atomic mass is 32.1. The Balaban J connectivity index is 2.23. The zero-order valence-electron chi connectivity index (χ0n) is 13.1. The molecular formula is C17H24N2OS. The molecule has 2 rings (SSSR count). The molecule has 1 heterocycles. The first-order valence-electron chi connectivity index (χ1n) is 7.62. The Morgan fingerprint density at radius 2 is 2.14 bits per heavy atom. The minimum absolute atomic E-state index is 0.147. The van der Waals surface area contributed by atoms with Gasteiger partial charge in [-0.2, -0.15) is 0 Å². The van der Waals surface area contributed by atoms with Crippen LogP contribution in [-0.4, -0.2) is 18.1 Å². The molecule has 4 heteroatoms. The Kier molecular flexibility index (Phi) is 6.21. The lowest BCUT2D eigenvalue weighted by atomic mass is 10.1. The van der Waals surface area contributed by atoms with Crippen LogP contribution in [0.25, 0.3) is 0 Å². The van der Waals surface area contributed by atoms with E-state index in [-0.39, 0.29) is 6.04 Å². The van der Waals surface area contributed by atoms with Crippen LogP contribution in [0.5, 0.6) is 5.75 Å². The Labute approximate surface area is 131 Å². The lowest BCUT2D eigenvalue weighted by molar-refractivity contribution is 0.317. The summed E-state index contributed by atoms with van der Waals surface area (Å²) < 4.78 is 5.75. The topological polar surface area (TPSA) is 34.1 Å². The maximum absolute atomic E-state index is 5.75. The highest BCUT2D eigenvalue weighted by Crippen LogP contribution is 2.27. The summed E-state index contributed by atoms with van der Waals surface area (Å²) in [5, 5.41) is 6.81. The molecule has 21 heavy (non-hydrogen) atoms. The van der Waals surface area contributed by atoms with Gasteiger partial charge in [0.1, 0.15) is 10.8 Å². The Hall–Kier alpha value is -1.39. The quantitative estimate of drug-likeness (QED) is 0.788. The SMILES string of the molecule is CCCNC(c1cccc(OCCC)c1)c1nc(C)cs1. The van der Waals surface area contributed by atoms with E-state index in [1.165, 1.54) is 5.56 Å². The van der Waals surface area contributed by atoms with Crippen LogP contribution in [0.2, 0.25) is 0 Å². The van der Waals surface area contributed by atoms with E-state index >= 15 is 0 Å². The van der Waals surface area contributed by atoms with E-state index in [0.29, 0.717) is 0 Å². The molecule has 1 unspecified atom stereocenters. The Bertz CT molecular complexity index is 553. The van der Waals surface area contributed by atoms with Gasteiger partial charge in [0, 0.05) is 11.1 Å². The van der Waals surface area contributed by atoms with Gasteiger partial charge in [-0.05, 0) is 44.0 Å². The predicted molar refractivity (Wildman–Crippen MR) is 89.2 cm³/mol. The number of ether oxygens (including phenoxy) is 1. The van der Waals surface area contributed by atoms with Crippen molar-refractivity contribution < 1.29 is 4.74 Å². The van der Waals surface area contributed by atoms with Crippen molar-refractivity contribution in [1.82, 2.24) is 10.3 Å². The summed E-state index contributed by atoms with van der Waals surface area (Å²) in [6.07, 6.45) is 2.13. The third kappa shape index (κ3) is 4.55. The molecular weight excluding hydrogens is 280 g/mol. The van der Waals surface area contributed by atoms with Crippen molar-refractivity contribution in [1.29, 1.82) is 0 Å². The molecule has 0 saturated heterocycles. The van der Waals surface area contributed by atoms with Gasteiger partial charge >= 0.3 is 0 Å². The van der Waals surface area contributed by atoms with Gasteiger partial charge in [0.05, 0.1) is 12.6 Å². The monoisotopic (exact) mass is 304 g/mol. The van der Waals surface area contributed by atoms with Gasteiger partial charge in [0.15, 0.2) is 0 Å². The fourth-order valence-corrected chi connectivity index (χ4v) is 3.04. The Morgan fingerprint density at radius 3 is 2.81 bits per heavy atom. The molecule has 0 aliphatic heterocycles. The first kappa shape index (κ1) is 16.0. The average molecular weight is 304 g/mol. The van der Waals surface area contributed by atoms with Gasteiger partial charge in [-0.3, -0.25) is 0 Å². The second-order valence-electron chi connectivity index (χ2n) is 5.14. The number of benzene rings is 1. The standard InChI is InChI=1S/C17H24N2OS/c1-4-9-18-16(17-19-13(3)12-21-17)14-7-6-8-15(11-14)20-10-5-2/h6-8,11-12,16,18H,4-5,9-10H2,1-3H3. The average Bonchev–Trinajstić information content (AvgIpc) is 2.92. The highest BCUT2D eigenvalue weighted by Gasteiger charge is 2.17. The minimum atomic E-state index is 0.147. The number of rotatable bonds is 8. The number of nitrogens with zero attached hydrogens (tertiary/aromatic N) is 1. The maximum Gasteiger partial charge on any atom is 0.119 e. The smallest absolute Gasteiger partial charge is 0.119 e. The minimum Gasteiger partial charge on any atom is -0.494 e. The van der Waals surface area contributed by atoms with Crippen LogP contribution in [0, 0.1) is 6.92 Å². The highest BCUT2D eigenvalue weighted by molar-refractivity contribution is 7.09. The predicted octanol–water partition coefficient (Wildman–Crippen LogP) is 4.33. The summed E-state index contributed by atoms with van der Waals surface area (Å²) in [7, 11) is 0. The summed E-state index contributed by atoms with van der Waals surface area (Å²) >= 11 is 1.71. The molecule has 0 radical (unpaired) electrons. The van der Waals surface area contributed by atoms with Crippen molar-refractivity contribution in [3.8, 4) is 5.75 Å². The molecule has 0 amide bonds. The summed E-state index contributed by atoms with van der Waals surface area (Å²) in [6.45, 7) is 8.07. The fourth-order valence-electron chi connectivity index (χ4n) is 2.14. The lowest BCUT2D eigenvalue weighted by Gasteiger charge is -2.17. The summed E-state index contributed by atoms with van der Waals surface area (Å²) in [5.41, 5.74) is 2.29. The van der Waals surface area contributed by atoms with Gasteiger partial charge < -0.3 is 10.1 Å². The van der Waals surface area contributed by atoms with E-state index in [1.54, 1.807) is 11.3 Å². The molecule has 2 aromatic rings. The molecule has 0 aliphatic rings. The maximum atomic E-state index is 5.75. The zero-order chi connectivity index (χ0) is 15.1.